The van der Waals surface area contributed by atoms with Gasteiger partial charge in [-0.3, -0.25) is 9.78 Å². The maximum absolute atomic E-state index is 11.4. The molecule has 3 nitrogen and oxygen atoms in total. The first kappa shape index (κ1) is 8.84. The van der Waals surface area contributed by atoms with E-state index in [4.69, 9.17) is 0 Å². The summed E-state index contributed by atoms with van der Waals surface area (Å²) in [6.07, 6.45) is 4.76. The van der Waals surface area contributed by atoms with Crippen molar-refractivity contribution in [2.24, 2.45) is 0 Å². The second kappa shape index (κ2) is 3.98. The van der Waals surface area contributed by atoms with Gasteiger partial charge in [-0.15, -0.1) is 11.3 Å². The summed E-state index contributed by atoms with van der Waals surface area (Å²) in [4.78, 5) is 16.3. The Hall–Kier alpha value is -0.740. The molecule has 70 valence electrons. The number of rotatable bonds is 5. The lowest BCUT2D eigenvalue weighted by molar-refractivity contribution is -0.117. The predicted octanol–water partition coefficient (Wildman–Crippen LogP) is 1.01. The van der Waals surface area contributed by atoms with Crippen LogP contribution in [0.4, 0.5) is 0 Å². The van der Waals surface area contributed by atoms with Gasteiger partial charge >= 0.3 is 0 Å². The lowest BCUT2D eigenvalue weighted by Gasteiger charge is -1.99. The molecule has 1 aromatic rings. The third-order valence-corrected chi connectivity index (χ3v) is 2.80. The molecule has 4 heteroatoms. The lowest BCUT2D eigenvalue weighted by atomic mass is 10.2. The van der Waals surface area contributed by atoms with Gasteiger partial charge in [-0.1, -0.05) is 0 Å². The maximum atomic E-state index is 11.4. The minimum atomic E-state index is 0.260. The van der Waals surface area contributed by atoms with Crippen LogP contribution in [0.3, 0.4) is 0 Å². The Morgan fingerprint density at radius 3 is 3.15 bits per heavy atom. The molecule has 1 aliphatic rings. The van der Waals surface area contributed by atoms with Crippen LogP contribution in [0, 0.1) is 0 Å². The van der Waals surface area contributed by atoms with Gasteiger partial charge in [0, 0.05) is 23.5 Å². The van der Waals surface area contributed by atoms with E-state index in [0.717, 1.165) is 4.88 Å². The Labute approximate surface area is 81.2 Å². The van der Waals surface area contributed by atoms with Crippen LogP contribution in [0.2, 0.25) is 0 Å². The van der Waals surface area contributed by atoms with E-state index in [0.29, 0.717) is 19.0 Å². The highest BCUT2D eigenvalue weighted by Gasteiger charge is 2.21. The number of Topliss-reactive ketones (excluding diaryl/α,β-unsaturated/α-hetero) is 1. The van der Waals surface area contributed by atoms with Gasteiger partial charge in [-0.25, -0.2) is 0 Å². The van der Waals surface area contributed by atoms with Crippen LogP contribution < -0.4 is 5.32 Å². The van der Waals surface area contributed by atoms with E-state index in [1.54, 1.807) is 23.0 Å². The van der Waals surface area contributed by atoms with Crippen molar-refractivity contribution in [2.45, 2.75) is 25.3 Å². The van der Waals surface area contributed by atoms with Crippen LogP contribution in [-0.4, -0.2) is 23.4 Å². The van der Waals surface area contributed by atoms with Crippen LogP contribution in [-0.2, 0) is 11.2 Å². The third kappa shape index (κ3) is 2.90. The highest BCUT2D eigenvalue weighted by Crippen LogP contribution is 2.18. The first-order chi connectivity index (χ1) is 6.34. The highest BCUT2D eigenvalue weighted by molar-refractivity contribution is 7.09. The standard InChI is InChI=1S/C9H12N2OS/c12-8(4-11-7-1-2-7)3-9-5-10-6-13-9/h5-7,11H,1-4H2. The average molecular weight is 196 g/mol. The molecule has 1 heterocycles. The quantitative estimate of drug-likeness (QED) is 0.764. The molecule has 0 radical (unpaired) electrons. The van der Waals surface area contributed by atoms with E-state index in [9.17, 15) is 4.79 Å². The fourth-order valence-electron chi connectivity index (χ4n) is 1.13. The molecule has 1 fully saturated rings. The van der Waals surface area contributed by atoms with Crippen molar-refractivity contribution in [3.8, 4) is 0 Å². The number of hydrogen-bond donors (Lipinski definition) is 1. The summed E-state index contributed by atoms with van der Waals surface area (Å²) in [5.74, 6) is 0.260. The van der Waals surface area contributed by atoms with Crippen molar-refractivity contribution in [1.82, 2.24) is 10.3 Å². The Bertz CT molecular complexity index is 280. The van der Waals surface area contributed by atoms with Crippen LogP contribution in [0.1, 0.15) is 17.7 Å². The minimum absolute atomic E-state index is 0.260. The molecule has 1 aliphatic carbocycles. The number of carbonyl (C=O) groups is 1. The summed E-state index contributed by atoms with van der Waals surface area (Å²) < 4.78 is 0. The zero-order valence-electron chi connectivity index (χ0n) is 7.32. The van der Waals surface area contributed by atoms with Crippen molar-refractivity contribution < 1.29 is 4.79 Å². The predicted molar refractivity (Wildman–Crippen MR) is 51.8 cm³/mol. The SMILES string of the molecule is O=C(CNC1CC1)Cc1cncs1. The number of thiazole rings is 1. The van der Waals surface area contributed by atoms with Crippen molar-refractivity contribution in [2.75, 3.05) is 6.54 Å². The molecule has 0 spiro atoms. The summed E-state index contributed by atoms with van der Waals surface area (Å²) in [5, 5.41) is 3.20. The van der Waals surface area contributed by atoms with E-state index in [2.05, 4.69) is 10.3 Å². The third-order valence-electron chi connectivity index (χ3n) is 2.02. The summed E-state index contributed by atoms with van der Waals surface area (Å²) in [6, 6.07) is 0.616. The normalized spacial score (nSPS) is 16.0. The minimum Gasteiger partial charge on any atom is -0.307 e. The summed E-state index contributed by atoms with van der Waals surface area (Å²) in [5.41, 5.74) is 1.76. The van der Waals surface area contributed by atoms with Gasteiger partial charge in [0.2, 0.25) is 0 Å². The molecule has 13 heavy (non-hydrogen) atoms. The molecule has 1 aromatic heterocycles. The average Bonchev–Trinajstić information content (AvgIpc) is 2.82. The van der Waals surface area contributed by atoms with Crippen LogP contribution >= 0.6 is 11.3 Å². The fourth-order valence-corrected chi connectivity index (χ4v) is 1.76. The maximum Gasteiger partial charge on any atom is 0.151 e. The number of nitrogens with one attached hydrogen (secondary N) is 1. The topological polar surface area (TPSA) is 42.0 Å². The first-order valence-electron chi connectivity index (χ1n) is 4.47. The Morgan fingerprint density at radius 2 is 2.54 bits per heavy atom. The molecule has 0 aliphatic heterocycles. The first-order valence-corrected chi connectivity index (χ1v) is 5.35. The molecule has 1 saturated carbocycles. The molecule has 1 N–H and O–H groups in total. The van der Waals surface area contributed by atoms with Gasteiger partial charge in [-0.05, 0) is 12.8 Å². The number of hydrogen-bond acceptors (Lipinski definition) is 4. The molecule has 0 amide bonds. The van der Waals surface area contributed by atoms with Gasteiger partial charge in [-0.2, -0.15) is 0 Å². The second-order valence-electron chi connectivity index (χ2n) is 3.34. The van der Waals surface area contributed by atoms with Gasteiger partial charge in [0.05, 0.1) is 12.1 Å². The van der Waals surface area contributed by atoms with Crippen LogP contribution in [0.15, 0.2) is 11.7 Å². The Balaban J connectivity index is 1.71. The second-order valence-corrected chi connectivity index (χ2v) is 4.31. The number of ketones is 1. The molecule has 0 atom stereocenters. The van der Waals surface area contributed by atoms with Crippen molar-refractivity contribution in [3.05, 3.63) is 16.6 Å². The van der Waals surface area contributed by atoms with Crippen molar-refractivity contribution >= 4 is 17.1 Å². The summed E-state index contributed by atoms with van der Waals surface area (Å²) in [6.45, 7) is 0.516. The summed E-state index contributed by atoms with van der Waals surface area (Å²) >= 11 is 1.54. The van der Waals surface area contributed by atoms with E-state index >= 15 is 0 Å². The number of nitrogens with zero attached hydrogens (tertiary/aromatic N) is 1. The molecule has 0 unspecified atom stereocenters. The van der Waals surface area contributed by atoms with E-state index < -0.39 is 0 Å². The van der Waals surface area contributed by atoms with Crippen LogP contribution in [0.5, 0.6) is 0 Å². The smallest absolute Gasteiger partial charge is 0.151 e. The largest absolute Gasteiger partial charge is 0.307 e. The molecule has 0 aromatic carbocycles. The molecule has 0 bridgehead atoms. The van der Waals surface area contributed by atoms with Crippen molar-refractivity contribution in [3.63, 3.8) is 0 Å². The Kier molecular flexibility index (Phi) is 2.71. The van der Waals surface area contributed by atoms with Crippen molar-refractivity contribution in [1.29, 1.82) is 0 Å². The van der Waals surface area contributed by atoms with Gasteiger partial charge in [0.25, 0.3) is 0 Å². The van der Waals surface area contributed by atoms with Gasteiger partial charge in [0.1, 0.15) is 0 Å². The lowest BCUT2D eigenvalue weighted by Crippen LogP contribution is -2.25. The molecular formula is C9H12N2OS. The van der Waals surface area contributed by atoms with E-state index in [1.165, 1.54) is 12.8 Å². The molecule has 0 saturated heterocycles. The van der Waals surface area contributed by atoms with E-state index in [-0.39, 0.29) is 5.78 Å². The van der Waals surface area contributed by atoms with E-state index in [1.807, 2.05) is 0 Å². The monoisotopic (exact) mass is 196 g/mol. The summed E-state index contributed by atoms with van der Waals surface area (Å²) in [7, 11) is 0. The van der Waals surface area contributed by atoms with Gasteiger partial charge in [0.15, 0.2) is 5.78 Å². The fraction of sp³-hybridized carbons (Fsp3) is 0.556. The number of aromatic nitrogens is 1. The highest BCUT2D eigenvalue weighted by atomic mass is 32.1. The zero-order valence-corrected chi connectivity index (χ0v) is 8.14. The molecular weight excluding hydrogens is 184 g/mol. The number of carbonyl (C=O) groups excluding carboxylic acids is 1. The van der Waals surface area contributed by atoms with Gasteiger partial charge < -0.3 is 5.32 Å². The molecule has 2 rings (SSSR count). The van der Waals surface area contributed by atoms with Crippen LogP contribution in [0.25, 0.3) is 0 Å². The zero-order chi connectivity index (χ0) is 9.10. The Morgan fingerprint density at radius 1 is 1.69 bits per heavy atom.